The molecule has 1 aliphatic rings. The number of aromatic nitrogens is 2. The average molecular weight is 236 g/mol. The molecule has 0 spiro atoms. The topological polar surface area (TPSA) is 33.1 Å². The van der Waals surface area contributed by atoms with Crippen molar-refractivity contribution in [3.05, 3.63) is 11.8 Å². The number of anilines is 1. The van der Waals surface area contributed by atoms with E-state index in [0.29, 0.717) is 6.04 Å². The van der Waals surface area contributed by atoms with Gasteiger partial charge in [-0.25, -0.2) is 0 Å². The summed E-state index contributed by atoms with van der Waals surface area (Å²) in [5.74, 6) is 1.03. The van der Waals surface area contributed by atoms with E-state index >= 15 is 0 Å². The van der Waals surface area contributed by atoms with Crippen LogP contribution in [0.4, 0.5) is 5.82 Å². The summed E-state index contributed by atoms with van der Waals surface area (Å²) in [5.41, 5.74) is 1.20. The number of hydrogen-bond acceptors (Lipinski definition) is 3. The summed E-state index contributed by atoms with van der Waals surface area (Å²) in [5, 5.41) is 8.03. The molecule has 4 nitrogen and oxygen atoms in total. The van der Waals surface area contributed by atoms with Crippen molar-refractivity contribution in [1.29, 1.82) is 0 Å². The Labute approximate surface area is 104 Å². The lowest BCUT2D eigenvalue weighted by molar-refractivity contribution is 0.300. The second-order valence-electron chi connectivity index (χ2n) is 5.00. The quantitative estimate of drug-likeness (QED) is 0.871. The number of rotatable bonds is 3. The minimum absolute atomic E-state index is 0.584. The third-order valence-corrected chi connectivity index (χ3v) is 3.73. The summed E-state index contributed by atoms with van der Waals surface area (Å²) in [4.78, 5) is 2.53. The maximum Gasteiger partial charge on any atom is 0.148 e. The minimum Gasteiger partial charge on any atom is -0.366 e. The third kappa shape index (κ3) is 3.22. The summed E-state index contributed by atoms with van der Waals surface area (Å²) in [6, 6.07) is 2.71. The Hall–Kier alpha value is -1.03. The number of nitrogens with zero attached hydrogens (tertiary/aromatic N) is 3. The second kappa shape index (κ2) is 5.54. The number of hydrogen-bond donors (Lipinski definition) is 1. The van der Waals surface area contributed by atoms with Gasteiger partial charge in [-0.15, -0.1) is 0 Å². The van der Waals surface area contributed by atoms with E-state index in [1.54, 1.807) is 0 Å². The molecule has 1 atom stereocenters. The number of nitrogens with one attached hydrogen (secondary N) is 1. The fraction of sp³-hybridized carbons (Fsp3) is 0.769. The first-order valence-electron chi connectivity index (χ1n) is 6.68. The summed E-state index contributed by atoms with van der Waals surface area (Å²) >= 11 is 0. The molecule has 0 amide bonds. The van der Waals surface area contributed by atoms with Crippen molar-refractivity contribution in [1.82, 2.24) is 14.7 Å². The third-order valence-electron chi connectivity index (χ3n) is 3.73. The van der Waals surface area contributed by atoms with E-state index in [2.05, 4.69) is 35.2 Å². The fourth-order valence-corrected chi connectivity index (χ4v) is 2.46. The Kier molecular flexibility index (Phi) is 4.05. The Balaban J connectivity index is 1.90. The van der Waals surface area contributed by atoms with Crippen LogP contribution in [0.25, 0.3) is 0 Å². The van der Waals surface area contributed by atoms with Gasteiger partial charge in [0, 0.05) is 31.4 Å². The van der Waals surface area contributed by atoms with Gasteiger partial charge in [-0.2, -0.15) is 5.10 Å². The van der Waals surface area contributed by atoms with Gasteiger partial charge in [-0.1, -0.05) is 6.92 Å². The summed E-state index contributed by atoms with van der Waals surface area (Å²) in [6.45, 7) is 7.96. The van der Waals surface area contributed by atoms with Crippen LogP contribution in [0, 0.1) is 6.92 Å². The highest BCUT2D eigenvalue weighted by Crippen LogP contribution is 2.16. The zero-order valence-corrected chi connectivity index (χ0v) is 11.2. The molecule has 0 radical (unpaired) electrons. The normalized spacial score (nSPS) is 22.4. The molecule has 1 aromatic rings. The molecule has 17 heavy (non-hydrogen) atoms. The molecular weight excluding hydrogens is 212 g/mol. The number of likely N-dealkylation sites (tertiary alicyclic amines) is 1. The van der Waals surface area contributed by atoms with Crippen LogP contribution in [0.1, 0.15) is 31.9 Å². The average Bonchev–Trinajstić information content (AvgIpc) is 2.53. The van der Waals surface area contributed by atoms with Crippen molar-refractivity contribution in [3.63, 3.8) is 0 Å². The SMILES string of the molecule is CCN1CCCC(Nc2cc(C)n(C)n2)CC1. The van der Waals surface area contributed by atoms with E-state index in [-0.39, 0.29) is 0 Å². The predicted molar refractivity (Wildman–Crippen MR) is 71.3 cm³/mol. The van der Waals surface area contributed by atoms with Gasteiger partial charge in [-0.05, 0) is 39.3 Å². The van der Waals surface area contributed by atoms with Gasteiger partial charge in [0.2, 0.25) is 0 Å². The molecule has 2 heterocycles. The largest absolute Gasteiger partial charge is 0.366 e. The first-order valence-corrected chi connectivity index (χ1v) is 6.68. The molecule has 1 N–H and O–H groups in total. The molecule has 0 aromatic carbocycles. The van der Waals surface area contributed by atoms with Crippen LogP contribution >= 0.6 is 0 Å². The molecule has 1 unspecified atom stereocenters. The van der Waals surface area contributed by atoms with Crippen LogP contribution in [0.15, 0.2) is 6.07 Å². The van der Waals surface area contributed by atoms with Gasteiger partial charge in [0.15, 0.2) is 0 Å². The predicted octanol–water partition coefficient (Wildman–Crippen LogP) is 2.01. The molecule has 0 aliphatic carbocycles. The Morgan fingerprint density at radius 2 is 2.24 bits per heavy atom. The molecule has 0 bridgehead atoms. The van der Waals surface area contributed by atoms with Crippen molar-refractivity contribution >= 4 is 5.82 Å². The Morgan fingerprint density at radius 1 is 1.41 bits per heavy atom. The summed E-state index contributed by atoms with van der Waals surface area (Å²) < 4.78 is 1.93. The summed E-state index contributed by atoms with van der Waals surface area (Å²) in [7, 11) is 1.99. The van der Waals surface area contributed by atoms with Crippen LogP contribution in [-0.2, 0) is 7.05 Å². The molecule has 1 fully saturated rings. The van der Waals surface area contributed by atoms with Gasteiger partial charge < -0.3 is 10.2 Å². The summed E-state index contributed by atoms with van der Waals surface area (Å²) in [6.07, 6.45) is 3.77. The highest BCUT2D eigenvalue weighted by molar-refractivity contribution is 5.36. The maximum atomic E-state index is 4.47. The maximum absolute atomic E-state index is 4.47. The van der Waals surface area contributed by atoms with Crippen LogP contribution in [0.5, 0.6) is 0 Å². The van der Waals surface area contributed by atoms with E-state index in [9.17, 15) is 0 Å². The van der Waals surface area contributed by atoms with Crippen molar-refractivity contribution in [2.45, 2.75) is 39.2 Å². The monoisotopic (exact) mass is 236 g/mol. The van der Waals surface area contributed by atoms with E-state index in [1.165, 1.54) is 44.6 Å². The molecule has 1 aliphatic heterocycles. The van der Waals surface area contributed by atoms with Gasteiger partial charge in [0.1, 0.15) is 5.82 Å². The molecule has 96 valence electrons. The first-order chi connectivity index (χ1) is 8.19. The van der Waals surface area contributed by atoms with Gasteiger partial charge >= 0.3 is 0 Å². The van der Waals surface area contributed by atoms with Crippen molar-refractivity contribution in [3.8, 4) is 0 Å². The zero-order chi connectivity index (χ0) is 12.3. The van der Waals surface area contributed by atoms with Crippen LogP contribution < -0.4 is 5.32 Å². The van der Waals surface area contributed by atoms with Gasteiger partial charge in [0.05, 0.1) is 0 Å². The molecular formula is C13H24N4. The van der Waals surface area contributed by atoms with Crippen molar-refractivity contribution in [2.75, 3.05) is 25.0 Å². The lowest BCUT2D eigenvalue weighted by Gasteiger charge is -2.18. The first kappa shape index (κ1) is 12.4. The molecule has 2 rings (SSSR count). The van der Waals surface area contributed by atoms with E-state index in [0.717, 1.165) is 5.82 Å². The van der Waals surface area contributed by atoms with Gasteiger partial charge in [0.25, 0.3) is 0 Å². The lowest BCUT2D eigenvalue weighted by Crippen LogP contribution is -2.26. The number of aryl methyl sites for hydroxylation is 2. The Bertz CT molecular complexity index is 339. The van der Waals surface area contributed by atoms with Crippen LogP contribution in [0.3, 0.4) is 0 Å². The van der Waals surface area contributed by atoms with Crippen molar-refractivity contribution in [2.24, 2.45) is 7.05 Å². The van der Waals surface area contributed by atoms with Gasteiger partial charge in [-0.3, -0.25) is 4.68 Å². The Morgan fingerprint density at radius 3 is 2.88 bits per heavy atom. The highest BCUT2D eigenvalue weighted by Gasteiger charge is 2.16. The van der Waals surface area contributed by atoms with Crippen LogP contribution in [0.2, 0.25) is 0 Å². The van der Waals surface area contributed by atoms with Crippen molar-refractivity contribution < 1.29 is 0 Å². The van der Waals surface area contributed by atoms with E-state index in [1.807, 2.05) is 11.7 Å². The van der Waals surface area contributed by atoms with E-state index in [4.69, 9.17) is 0 Å². The van der Waals surface area contributed by atoms with Crippen LogP contribution in [-0.4, -0.2) is 40.4 Å². The standard InChI is InChI=1S/C13H24N4/c1-4-17-8-5-6-12(7-9-17)14-13-10-11(2)16(3)15-13/h10,12H,4-9H2,1-3H3,(H,14,15). The molecule has 0 saturated carbocycles. The zero-order valence-electron chi connectivity index (χ0n) is 11.2. The van der Waals surface area contributed by atoms with E-state index < -0.39 is 0 Å². The molecule has 4 heteroatoms. The smallest absolute Gasteiger partial charge is 0.148 e. The molecule has 1 saturated heterocycles. The minimum atomic E-state index is 0.584. The highest BCUT2D eigenvalue weighted by atomic mass is 15.3. The fourth-order valence-electron chi connectivity index (χ4n) is 2.46. The molecule has 1 aromatic heterocycles. The lowest BCUT2D eigenvalue weighted by atomic mass is 10.1. The second-order valence-corrected chi connectivity index (χ2v) is 5.00.